The van der Waals surface area contributed by atoms with E-state index in [0.717, 1.165) is 16.7 Å². The molecule has 0 fully saturated rings. The zero-order valence-electron chi connectivity index (χ0n) is 16.0. The Morgan fingerprint density at radius 3 is 2.11 bits per heavy atom. The van der Waals surface area contributed by atoms with E-state index >= 15 is 0 Å². The number of benzene rings is 2. The van der Waals surface area contributed by atoms with Gasteiger partial charge in [-0.05, 0) is 40.4 Å². The number of hydrogen-bond acceptors (Lipinski definition) is 4. The first kappa shape index (κ1) is 20.1. The molecule has 3 rings (SSSR count). The summed E-state index contributed by atoms with van der Waals surface area (Å²) in [5.41, 5.74) is 3.42. The van der Waals surface area contributed by atoms with Crippen LogP contribution >= 0.6 is 11.3 Å². The topological polar surface area (TPSA) is 29.5 Å². The van der Waals surface area contributed by atoms with E-state index in [1.165, 1.54) is 0 Å². The lowest BCUT2D eigenvalue weighted by Crippen LogP contribution is -2.40. The first-order valence-corrected chi connectivity index (χ1v) is 10.4. The van der Waals surface area contributed by atoms with Gasteiger partial charge in [0.25, 0.3) is 0 Å². The fraction of sp³-hybridized carbons (Fsp3) is 0.208. The minimum Gasteiger partial charge on any atom is -0.465 e. The van der Waals surface area contributed by atoms with Crippen molar-refractivity contribution in [2.45, 2.75) is 26.1 Å². The average Bonchev–Trinajstić information content (AvgIpc) is 3.23. The number of thiophene rings is 1. The van der Waals surface area contributed by atoms with Crippen LogP contribution < -0.4 is 0 Å². The largest absolute Gasteiger partial charge is 0.465 e. The van der Waals surface area contributed by atoms with Crippen molar-refractivity contribution < 1.29 is 9.53 Å². The molecule has 0 saturated heterocycles. The van der Waals surface area contributed by atoms with Crippen LogP contribution in [0.1, 0.15) is 23.6 Å². The van der Waals surface area contributed by atoms with E-state index in [4.69, 9.17) is 4.74 Å². The molecule has 1 atom stereocenters. The first-order valence-electron chi connectivity index (χ1n) is 9.45. The van der Waals surface area contributed by atoms with Crippen molar-refractivity contribution in [1.29, 1.82) is 0 Å². The molecule has 0 aliphatic heterocycles. The van der Waals surface area contributed by atoms with Crippen molar-refractivity contribution >= 4 is 23.4 Å². The number of rotatable bonds is 9. The van der Waals surface area contributed by atoms with Crippen molar-refractivity contribution in [3.63, 3.8) is 0 Å². The molecular weight excluding hydrogens is 366 g/mol. The number of carbonyl (C=O) groups excluding carboxylic acids is 1. The summed E-state index contributed by atoms with van der Waals surface area (Å²) >= 11 is 1.64. The van der Waals surface area contributed by atoms with E-state index in [0.29, 0.717) is 19.7 Å². The molecule has 3 nitrogen and oxygen atoms in total. The highest BCUT2D eigenvalue weighted by Gasteiger charge is 2.25. The molecule has 0 radical (unpaired) electrons. The second kappa shape index (κ2) is 10.6. The van der Waals surface area contributed by atoms with Gasteiger partial charge < -0.3 is 4.74 Å². The molecule has 0 unspecified atom stereocenters. The van der Waals surface area contributed by atoms with Crippen LogP contribution in [-0.4, -0.2) is 23.5 Å². The van der Waals surface area contributed by atoms with Gasteiger partial charge in [-0.15, -0.1) is 0 Å². The van der Waals surface area contributed by atoms with E-state index in [2.05, 4.69) is 34.5 Å². The van der Waals surface area contributed by atoms with Crippen LogP contribution in [0.25, 0.3) is 6.08 Å². The van der Waals surface area contributed by atoms with Gasteiger partial charge in [-0.2, -0.15) is 11.3 Å². The molecule has 0 spiro atoms. The molecule has 0 aliphatic rings. The van der Waals surface area contributed by atoms with Gasteiger partial charge >= 0.3 is 5.97 Å². The van der Waals surface area contributed by atoms with Crippen molar-refractivity contribution in [3.8, 4) is 0 Å². The third-order valence-electron chi connectivity index (χ3n) is 4.39. The van der Waals surface area contributed by atoms with E-state index in [9.17, 15) is 4.79 Å². The van der Waals surface area contributed by atoms with Crippen molar-refractivity contribution in [2.24, 2.45) is 0 Å². The molecule has 0 N–H and O–H groups in total. The van der Waals surface area contributed by atoms with Gasteiger partial charge in [0.1, 0.15) is 6.04 Å². The summed E-state index contributed by atoms with van der Waals surface area (Å²) in [4.78, 5) is 15.0. The van der Waals surface area contributed by atoms with E-state index in [1.54, 1.807) is 11.3 Å². The first-order chi connectivity index (χ1) is 13.8. The zero-order valence-corrected chi connectivity index (χ0v) is 16.8. The van der Waals surface area contributed by atoms with Crippen LogP contribution in [0.5, 0.6) is 0 Å². The Hall–Kier alpha value is -2.69. The fourth-order valence-corrected chi connectivity index (χ4v) is 3.67. The smallest absolute Gasteiger partial charge is 0.327 e. The molecule has 3 aromatic rings. The van der Waals surface area contributed by atoms with Crippen molar-refractivity contribution in [2.75, 3.05) is 6.61 Å². The van der Waals surface area contributed by atoms with Crippen molar-refractivity contribution in [3.05, 3.63) is 100 Å². The maximum absolute atomic E-state index is 12.8. The molecule has 0 saturated carbocycles. The Kier molecular flexibility index (Phi) is 7.59. The normalized spacial score (nSPS) is 12.4. The molecule has 2 aromatic carbocycles. The van der Waals surface area contributed by atoms with E-state index in [-0.39, 0.29) is 5.97 Å². The predicted octanol–water partition coefficient (Wildman–Crippen LogP) is 5.40. The number of nitrogens with zero attached hydrogens (tertiary/aromatic N) is 1. The second-order valence-electron chi connectivity index (χ2n) is 6.49. The van der Waals surface area contributed by atoms with Crippen LogP contribution in [0, 0.1) is 0 Å². The second-order valence-corrected chi connectivity index (χ2v) is 7.27. The Morgan fingerprint density at radius 2 is 1.61 bits per heavy atom. The molecule has 0 amide bonds. The molecular formula is C24H25NO2S. The molecule has 1 aromatic heterocycles. The van der Waals surface area contributed by atoms with Crippen molar-refractivity contribution in [1.82, 2.24) is 4.90 Å². The minimum atomic E-state index is -0.458. The third kappa shape index (κ3) is 5.91. The number of carbonyl (C=O) groups is 1. The molecule has 4 heteroatoms. The van der Waals surface area contributed by atoms with E-state index in [1.807, 2.05) is 66.9 Å². The zero-order chi connectivity index (χ0) is 19.6. The Bertz CT molecular complexity index is 819. The van der Waals surface area contributed by atoms with Gasteiger partial charge in [0.05, 0.1) is 6.61 Å². The summed E-state index contributed by atoms with van der Waals surface area (Å²) in [5.74, 6) is -0.221. The summed E-state index contributed by atoms with van der Waals surface area (Å²) < 4.78 is 5.40. The molecule has 28 heavy (non-hydrogen) atoms. The summed E-state index contributed by atoms with van der Waals surface area (Å²) in [6, 6.07) is 22.0. The standard InChI is InChI=1S/C24H25NO2S/c1-2-27-24(26)23(14-13-22-15-16-28-19-22)25(17-20-9-5-3-6-10-20)18-21-11-7-4-8-12-21/h3-16,19,23H,2,17-18H2,1H3/b14-13+/t23-/m1/s1. The van der Waals surface area contributed by atoms with Gasteiger partial charge in [0, 0.05) is 13.1 Å². The minimum absolute atomic E-state index is 0.221. The highest BCUT2D eigenvalue weighted by Crippen LogP contribution is 2.17. The van der Waals surface area contributed by atoms with Gasteiger partial charge in [-0.3, -0.25) is 9.69 Å². The molecule has 0 aliphatic carbocycles. The number of hydrogen-bond donors (Lipinski definition) is 0. The average molecular weight is 392 g/mol. The Labute approximate surface area is 170 Å². The number of esters is 1. The molecule has 144 valence electrons. The van der Waals surface area contributed by atoms with Gasteiger partial charge in [0.2, 0.25) is 0 Å². The highest BCUT2D eigenvalue weighted by atomic mass is 32.1. The Morgan fingerprint density at radius 1 is 1.00 bits per heavy atom. The number of ether oxygens (including phenoxy) is 1. The van der Waals surface area contributed by atoms with Crippen LogP contribution in [0.3, 0.4) is 0 Å². The SMILES string of the molecule is CCOC(=O)[C@@H](/C=C/c1ccsc1)N(Cc1ccccc1)Cc1ccccc1. The Balaban J connectivity index is 1.90. The molecule has 1 heterocycles. The monoisotopic (exact) mass is 391 g/mol. The third-order valence-corrected chi connectivity index (χ3v) is 5.09. The summed E-state index contributed by atoms with van der Waals surface area (Å²) in [6.07, 6.45) is 3.95. The summed E-state index contributed by atoms with van der Waals surface area (Å²) in [7, 11) is 0. The van der Waals surface area contributed by atoms with Crippen LogP contribution in [0.15, 0.2) is 83.6 Å². The van der Waals surface area contributed by atoms with Gasteiger partial charge in [-0.1, -0.05) is 72.8 Å². The lowest BCUT2D eigenvalue weighted by Gasteiger charge is -2.28. The summed E-state index contributed by atoms with van der Waals surface area (Å²) in [6.45, 7) is 3.53. The highest BCUT2D eigenvalue weighted by molar-refractivity contribution is 7.08. The van der Waals surface area contributed by atoms with Gasteiger partial charge in [0.15, 0.2) is 0 Å². The quantitative estimate of drug-likeness (QED) is 0.458. The van der Waals surface area contributed by atoms with E-state index < -0.39 is 6.04 Å². The lowest BCUT2D eigenvalue weighted by molar-refractivity contribution is -0.148. The molecule has 0 bridgehead atoms. The maximum atomic E-state index is 12.8. The lowest BCUT2D eigenvalue weighted by atomic mass is 10.1. The predicted molar refractivity (Wildman–Crippen MR) is 116 cm³/mol. The van der Waals surface area contributed by atoms with Crippen LogP contribution in [0.2, 0.25) is 0 Å². The van der Waals surface area contributed by atoms with Crippen LogP contribution in [-0.2, 0) is 22.6 Å². The summed E-state index contributed by atoms with van der Waals surface area (Å²) in [5, 5.41) is 4.10. The fourth-order valence-electron chi connectivity index (χ4n) is 3.04. The van der Waals surface area contributed by atoms with Gasteiger partial charge in [-0.25, -0.2) is 0 Å². The maximum Gasteiger partial charge on any atom is 0.327 e. The van der Waals surface area contributed by atoms with Crippen LogP contribution in [0.4, 0.5) is 0 Å².